The smallest absolute Gasteiger partial charge is 0.257 e. The highest BCUT2D eigenvalue weighted by Gasteiger charge is 2.51. The predicted octanol–water partition coefficient (Wildman–Crippen LogP) is 1.47. The van der Waals surface area contributed by atoms with Crippen molar-refractivity contribution in [3.63, 3.8) is 0 Å². The number of rotatable bonds is 2. The van der Waals surface area contributed by atoms with Gasteiger partial charge in [0.1, 0.15) is 5.82 Å². The molecule has 0 saturated carbocycles. The molecule has 2 amide bonds. The van der Waals surface area contributed by atoms with Crippen molar-refractivity contribution in [1.29, 1.82) is 0 Å². The van der Waals surface area contributed by atoms with Crippen LogP contribution >= 0.6 is 0 Å². The van der Waals surface area contributed by atoms with Gasteiger partial charge in [0.05, 0.1) is 16.7 Å². The summed E-state index contributed by atoms with van der Waals surface area (Å²) in [5.41, 5.74) is 1.04. The van der Waals surface area contributed by atoms with Gasteiger partial charge in [-0.25, -0.2) is 9.97 Å². The molecule has 0 aromatic carbocycles. The summed E-state index contributed by atoms with van der Waals surface area (Å²) in [6.07, 6.45) is 3.47. The van der Waals surface area contributed by atoms with E-state index in [1.165, 1.54) is 0 Å². The summed E-state index contributed by atoms with van der Waals surface area (Å²) in [5, 5.41) is 3.03. The molecule has 0 bridgehead atoms. The standard InChI is InChI=1S/C17H24N4O2/c1-10-13(9-18-11(2)19-10)15(22)21-7-5-12(6-8-21)14-17(3,4)16(23)20-14/h9,12,14H,5-8H2,1-4H3,(H,20,23)/t14-/m0/s1. The van der Waals surface area contributed by atoms with Crippen LogP contribution in [0, 0.1) is 25.2 Å². The lowest BCUT2D eigenvalue weighted by atomic mass is 9.68. The molecule has 3 rings (SSSR count). The van der Waals surface area contributed by atoms with Gasteiger partial charge in [-0.2, -0.15) is 0 Å². The first kappa shape index (κ1) is 15.9. The molecule has 1 N–H and O–H groups in total. The van der Waals surface area contributed by atoms with E-state index < -0.39 is 0 Å². The summed E-state index contributed by atoms with van der Waals surface area (Å²) in [5.74, 6) is 1.27. The Balaban J connectivity index is 1.63. The van der Waals surface area contributed by atoms with E-state index in [4.69, 9.17) is 0 Å². The van der Waals surface area contributed by atoms with Crippen LogP contribution in [-0.2, 0) is 4.79 Å². The Morgan fingerprint density at radius 1 is 1.30 bits per heavy atom. The van der Waals surface area contributed by atoms with Gasteiger partial charge in [-0.1, -0.05) is 0 Å². The van der Waals surface area contributed by atoms with Crippen molar-refractivity contribution in [1.82, 2.24) is 20.2 Å². The van der Waals surface area contributed by atoms with E-state index in [9.17, 15) is 9.59 Å². The number of nitrogens with zero attached hydrogens (tertiary/aromatic N) is 3. The number of likely N-dealkylation sites (tertiary alicyclic amines) is 1. The molecule has 1 aromatic rings. The third-order valence-corrected chi connectivity index (χ3v) is 5.28. The second-order valence-corrected chi connectivity index (χ2v) is 7.22. The first-order valence-electron chi connectivity index (χ1n) is 8.21. The number of β-lactam (4-membered cyclic amide) rings is 1. The Hall–Kier alpha value is -1.98. The Morgan fingerprint density at radius 2 is 1.96 bits per heavy atom. The predicted molar refractivity (Wildman–Crippen MR) is 85.8 cm³/mol. The second kappa shape index (κ2) is 5.58. The van der Waals surface area contributed by atoms with Crippen LogP contribution in [-0.4, -0.2) is 45.8 Å². The zero-order chi connectivity index (χ0) is 16.8. The van der Waals surface area contributed by atoms with Crippen LogP contribution in [0.5, 0.6) is 0 Å². The molecule has 1 atom stereocenters. The van der Waals surface area contributed by atoms with Crippen LogP contribution < -0.4 is 5.32 Å². The molecule has 2 aliphatic heterocycles. The van der Waals surface area contributed by atoms with Gasteiger partial charge in [-0.05, 0) is 46.5 Å². The van der Waals surface area contributed by atoms with Crippen molar-refractivity contribution in [3.8, 4) is 0 Å². The summed E-state index contributed by atoms with van der Waals surface area (Å²) in [6, 6.07) is 0.233. The zero-order valence-corrected chi connectivity index (χ0v) is 14.2. The van der Waals surface area contributed by atoms with Gasteiger partial charge < -0.3 is 10.2 Å². The number of hydrogen-bond acceptors (Lipinski definition) is 4. The lowest BCUT2D eigenvalue weighted by Gasteiger charge is -2.50. The average molecular weight is 316 g/mol. The fraction of sp³-hybridized carbons (Fsp3) is 0.647. The van der Waals surface area contributed by atoms with Gasteiger partial charge in [0.2, 0.25) is 5.91 Å². The van der Waals surface area contributed by atoms with Crippen LogP contribution in [0.2, 0.25) is 0 Å². The highest BCUT2D eigenvalue weighted by atomic mass is 16.2. The Morgan fingerprint density at radius 3 is 2.48 bits per heavy atom. The molecule has 2 aliphatic rings. The summed E-state index contributed by atoms with van der Waals surface area (Å²) >= 11 is 0. The molecule has 2 saturated heterocycles. The van der Waals surface area contributed by atoms with Gasteiger partial charge in [-0.15, -0.1) is 0 Å². The number of carbonyl (C=O) groups excluding carboxylic acids is 2. The van der Waals surface area contributed by atoms with Crippen molar-refractivity contribution < 1.29 is 9.59 Å². The van der Waals surface area contributed by atoms with Gasteiger partial charge in [0.25, 0.3) is 5.91 Å². The minimum Gasteiger partial charge on any atom is -0.351 e. The van der Waals surface area contributed by atoms with Crippen LogP contribution in [0.4, 0.5) is 0 Å². The van der Waals surface area contributed by atoms with E-state index >= 15 is 0 Å². The number of piperidine rings is 1. The molecule has 0 aliphatic carbocycles. The summed E-state index contributed by atoms with van der Waals surface area (Å²) in [6.45, 7) is 9.11. The van der Waals surface area contributed by atoms with E-state index in [2.05, 4.69) is 15.3 Å². The molecule has 6 heteroatoms. The third kappa shape index (κ3) is 2.71. The summed E-state index contributed by atoms with van der Waals surface area (Å²) < 4.78 is 0. The maximum Gasteiger partial charge on any atom is 0.257 e. The summed E-state index contributed by atoms with van der Waals surface area (Å²) in [7, 11) is 0. The molecule has 124 valence electrons. The number of nitrogens with one attached hydrogen (secondary N) is 1. The van der Waals surface area contributed by atoms with E-state index in [-0.39, 0.29) is 23.3 Å². The van der Waals surface area contributed by atoms with Crippen molar-refractivity contribution in [2.75, 3.05) is 13.1 Å². The number of aryl methyl sites for hydroxylation is 2. The fourth-order valence-corrected chi connectivity index (χ4v) is 3.68. The molecular weight excluding hydrogens is 292 g/mol. The van der Waals surface area contributed by atoms with Crippen molar-refractivity contribution in [2.45, 2.75) is 46.6 Å². The second-order valence-electron chi connectivity index (χ2n) is 7.22. The first-order valence-corrected chi connectivity index (χ1v) is 8.21. The molecule has 2 fully saturated rings. The van der Waals surface area contributed by atoms with Crippen molar-refractivity contribution >= 4 is 11.8 Å². The minimum absolute atomic E-state index is 0.0119. The Kier molecular flexibility index (Phi) is 3.86. The lowest BCUT2D eigenvalue weighted by Crippen LogP contribution is -2.68. The Labute approximate surface area is 136 Å². The molecule has 23 heavy (non-hydrogen) atoms. The monoisotopic (exact) mass is 316 g/mol. The van der Waals surface area contributed by atoms with Crippen LogP contribution in [0.1, 0.15) is 48.6 Å². The van der Waals surface area contributed by atoms with E-state index in [0.29, 0.717) is 17.3 Å². The SMILES string of the molecule is Cc1ncc(C(=O)N2CCC([C@@H]3NC(=O)C3(C)C)CC2)c(C)n1. The Bertz CT molecular complexity index is 648. The summed E-state index contributed by atoms with van der Waals surface area (Å²) in [4.78, 5) is 34.6. The van der Waals surface area contributed by atoms with E-state index in [0.717, 1.165) is 31.6 Å². The lowest BCUT2D eigenvalue weighted by molar-refractivity contribution is -0.146. The van der Waals surface area contributed by atoms with Crippen molar-refractivity contribution in [3.05, 3.63) is 23.3 Å². The number of aromatic nitrogens is 2. The topological polar surface area (TPSA) is 75.2 Å². The molecule has 6 nitrogen and oxygen atoms in total. The molecular formula is C17H24N4O2. The van der Waals surface area contributed by atoms with Crippen LogP contribution in [0.25, 0.3) is 0 Å². The third-order valence-electron chi connectivity index (χ3n) is 5.28. The van der Waals surface area contributed by atoms with Crippen molar-refractivity contribution in [2.24, 2.45) is 11.3 Å². The van der Waals surface area contributed by atoms with Crippen LogP contribution in [0.3, 0.4) is 0 Å². The van der Waals surface area contributed by atoms with Gasteiger partial charge in [0.15, 0.2) is 0 Å². The highest BCUT2D eigenvalue weighted by Crippen LogP contribution is 2.38. The normalized spacial score (nSPS) is 24.1. The van der Waals surface area contributed by atoms with E-state index in [1.807, 2.05) is 32.6 Å². The molecule has 0 radical (unpaired) electrons. The first-order chi connectivity index (χ1) is 10.8. The highest BCUT2D eigenvalue weighted by molar-refractivity contribution is 5.95. The number of carbonyl (C=O) groups is 2. The minimum atomic E-state index is -0.280. The van der Waals surface area contributed by atoms with Crippen LogP contribution in [0.15, 0.2) is 6.20 Å². The number of amides is 2. The molecule has 3 heterocycles. The maximum atomic E-state index is 12.6. The molecule has 0 spiro atoms. The van der Waals surface area contributed by atoms with Gasteiger partial charge in [0, 0.05) is 25.3 Å². The fourth-order valence-electron chi connectivity index (χ4n) is 3.68. The zero-order valence-electron chi connectivity index (χ0n) is 14.2. The molecule has 0 unspecified atom stereocenters. The largest absolute Gasteiger partial charge is 0.351 e. The van der Waals surface area contributed by atoms with Gasteiger partial charge in [-0.3, -0.25) is 9.59 Å². The van der Waals surface area contributed by atoms with E-state index in [1.54, 1.807) is 6.20 Å². The average Bonchev–Trinajstić information content (AvgIpc) is 2.52. The maximum absolute atomic E-state index is 12.6. The quantitative estimate of drug-likeness (QED) is 0.838. The van der Waals surface area contributed by atoms with Gasteiger partial charge >= 0.3 is 0 Å². The molecule has 1 aromatic heterocycles. The number of hydrogen-bond donors (Lipinski definition) is 1.